The number of fused-ring (bicyclic) bond motifs is 1. The maximum Gasteiger partial charge on any atom is 0.231 e. The molecule has 1 heterocycles. The van der Waals surface area contributed by atoms with E-state index >= 15 is 0 Å². The standard InChI is InChI=1S/C14H20O3/c1-3-5-11-7-13-14(17-10-16-13)8-12(11)9-15-6-4-2/h7-8H,3-6,9-10H2,1-2H3. The van der Waals surface area contributed by atoms with Gasteiger partial charge in [-0.15, -0.1) is 0 Å². The van der Waals surface area contributed by atoms with Crippen LogP contribution in [-0.4, -0.2) is 13.4 Å². The second-order valence-electron chi connectivity index (χ2n) is 4.28. The minimum atomic E-state index is 0.334. The van der Waals surface area contributed by atoms with Gasteiger partial charge in [0.1, 0.15) is 0 Å². The summed E-state index contributed by atoms with van der Waals surface area (Å²) in [5.74, 6) is 1.72. The van der Waals surface area contributed by atoms with Crippen molar-refractivity contribution in [2.75, 3.05) is 13.4 Å². The van der Waals surface area contributed by atoms with Gasteiger partial charge in [0, 0.05) is 6.61 Å². The van der Waals surface area contributed by atoms with E-state index in [-0.39, 0.29) is 0 Å². The number of rotatable bonds is 6. The largest absolute Gasteiger partial charge is 0.454 e. The molecule has 0 saturated carbocycles. The molecule has 3 nitrogen and oxygen atoms in total. The van der Waals surface area contributed by atoms with Gasteiger partial charge in [0.15, 0.2) is 11.5 Å². The zero-order valence-electron chi connectivity index (χ0n) is 10.6. The van der Waals surface area contributed by atoms with Crippen LogP contribution >= 0.6 is 0 Å². The predicted molar refractivity (Wildman–Crippen MR) is 66.5 cm³/mol. The van der Waals surface area contributed by atoms with Gasteiger partial charge < -0.3 is 14.2 Å². The third-order valence-corrected chi connectivity index (χ3v) is 2.82. The van der Waals surface area contributed by atoms with Crippen molar-refractivity contribution in [2.24, 2.45) is 0 Å². The van der Waals surface area contributed by atoms with Crippen LogP contribution in [0.25, 0.3) is 0 Å². The summed E-state index contributed by atoms with van der Waals surface area (Å²) in [5.41, 5.74) is 2.54. The molecule has 0 saturated heterocycles. The molecule has 2 rings (SSSR count). The summed E-state index contributed by atoms with van der Waals surface area (Å²) in [6.45, 7) is 6.11. The zero-order valence-corrected chi connectivity index (χ0v) is 10.6. The van der Waals surface area contributed by atoms with E-state index in [4.69, 9.17) is 14.2 Å². The Morgan fingerprint density at radius 1 is 1.06 bits per heavy atom. The lowest BCUT2D eigenvalue weighted by Crippen LogP contribution is -1.99. The predicted octanol–water partition coefficient (Wildman–Crippen LogP) is 3.29. The number of hydrogen-bond acceptors (Lipinski definition) is 3. The van der Waals surface area contributed by atoms with Crippen LogP contribution in [0.15, 0.2) is 12.1 Å². The van der Waals surface area contributed by atoms with Crippen molar-refractivity contribution in [3.63, 3.8) is 0 Å². The first kappa shape index (κ1) is 12.2. The van der Waals surface area contributed by atoms with E-state index in [0.29, 0.717) is 13.4 Å². The molecule has 3 heteroatoms. The quantitative estimate of drug-likeness (QED) is 0.709. The van der Waals surface area contributed by atoms with Gasteiger partial charge in [-0.25, -0.2) is 0 Å². The van der Waals surface area contributed by atoms with Crippen molar-refractivity contribution in [1.82, 2.24) is 0 Å². The van der Waals surface area contributed by atoms with Crippen LogP contribution in [0.2, 0.25) is 0 Å². The number of aryl methyl sites for hydroxylation is 1. The fourth-order valence-electron chi connectivity index (χ4n) is 1.99. The molecule has 0 N–H and O–H groups in total. The van der Waals surface area contributed by atoms with Crippen molar-refractivity contribution in [2.45, 2.75) is 39.7 Å². The molecule has 0 fully saturated rings. The first-order valence-corrected chi connectivity index (χ1v) is 6.34. The maximum atomic E-state index is 5.62. The van der Waals surface area contributed by atoms with E-state index in [1.54, 1.807) is 0 Å². The molecule has 0 bridgehead atoms. The Hall–Kier alpha value is -1.22. The zero-order chi connectivity index (χ0) is 12.1. The normalized spacial score (nSPS) is 13.1. The third-order valence-electron chi connectivity index (χ3n) is 2.82. The lowest BCUT2D eigenvalue weighted by Gasteiger charge is -2.10. The monoisotopic (exact) mass is 236 g/mol. The Bertz CT molecular complexity index is 374. The van der Waals surface area contributed by atoms with Gasteiger partial charge in [-0.05, 0) is 36.1 Å². The average molecular weight is 236 g/mol. The summed E-state index contributed by atoms with van der Waals surface area (Å²) in [6.07, 6.45) is 3.23. The molecule has 1 aliphatic rings. The highest BCUT2D eigenvalue weighted by Crippen LogP contribution is 2.35. The molecule has 0 spiro atoms. The van der Waals surface area contributed by atoms with Crippen molar-refractivity contribution < 1.29 is 14.2 Å². The summed E-state index contributed by atoms with van der Waals surface area (Å²) >= 11 is 0. The fourth-order valence-corrected chi connectivity index (χ4v) is 1.99. The highest BCUT2D eigenvalue weighted by atomic mass is 16.7. The van der Waals surface area contributed by atoms with Crippen LogP contribution < -0.4 is 9.47 Å². The van der Waals surface area contributed by atoms with Crippen LogP contribution in [0.1, 0.15) is 37.8 Å². The molecule has 94 valence electrons. The first-order valence-electron chi connectivity index (χ1n) is 6.34. The Balaban J connectivity index is 2.15. The molecule has 1 aromatic carbocycles. The topological polar surface area (TPSA) is 27.7 Å². The van der Waals surface area contributed by atoms with Gasteiger partial charge in [0.2, 0.25) is 6.79 Å². The summed E-state index contributed by atoms with van der Waals surface area (Å²) in [4.78, 5) is 0. The maximum absolute atomic E-state index is 5.62. The van der Waals surface area contributed by atoms with Gasteiger partial charge in [0.25, 0.3) is 0 Å². The van der Waals surface area contributed by atoms with Crippen LogP contribution in [0.4, 0.5) is 0 Å². The van der Waals surface area contributed by atoms with E-state index in [1.165, 1.54) is 11.1 Å². The summed E-state index contributed by atoms with van der Waals surface area (Å²) < 4.78 is 16.4. The minimum absolute atomic E-state index is 0.334. The lowest BCUT2D eigenvalue weighted by molar-refractivity contribution is 0.120. The van der Waals surface area contributed by atoms with Gasteiger partial charge >= 0.3 is 0 Å². The van der Waals surface area contributed by atoms with Gasteiger partial charge in [-0.3, -0.25) is 0 Å². The summed E-state index contributed by atoms with van der Waals surface area (Å²) in [5, 5.41) is 0. The smallest absolute Gasteiger partial charge is 0.231 e. The molecule has 0 amide bonds. The molecule has 0 unspecified atom stereocenters. The van der Waals surface area contributed by atoms with E-state index in [0.717, 1.165) is 37.4 Å². The van der Waals surface area contributed by atoms with Crippen molar-refractivity contribution >= 4 is 0 Å². The molecule has 17 heavy (non-hydrogen) atoms. The average Bonchev–Trinajstić information content (AvgIpc) is 2.77. The number of ether oxygens (including phenoxy) is 3. The molecule has 1 aromatic rings. The Morgan fingerprint density at radius 3 is 2.41 bits per heavy atom. The Morgan fingerprint density at radius 2 is 1.76 bits per heavy atom. The molecule has 1 aliphatic heterocycles. The van der Waals surface area contributed by atoms with Crippen LogP contribution in [0.5, 0.6) is 11.5 Å². The summed E-state index contributed by atoms with van der Waals surface area (Å²) in [7, 11) is 0. The highest BCUT2D eigenvalue weighted by molar-refractivity contribution is 5.48. The lowest BCUT2D eigenvalue weighted by atomic mass is 10.0. The molecular weight excluding hydrogens is 216 g/mol. The number of benzene rings is 1. The fraction of sp³-hybridized carbons (Fsp3) is 0.571. The second kappa shape index (κ2) is 5.92. The van der Waals surface area contributed by atoms with Crippen LogP contribution in [0, 0.1) is 0 Å². The van der Waals surface area contributed by atoms with Crippen molar-refractivity contribution in [1.29, 1.82) is 0 Å². The van der Waals surface area contributed by atoms with Gasteiger partial charge in [-0.2, -0.15) is 0 Å². The van der Waals surface area contributed by atoms with E-state index in [9.17, 15) is 0 Å². The SMILES string of the molecule is CCCOCc1cc2c(cc1CCC)OCO2. The minimum Gasteiger partial charge on any atom is -0.454 e. The number of hydrogen-bond donors (Lipinski definition) is 0. The van der Waals surface area contributed by atoms with Gasteiger partial charge in [0.05, 0.1) is 6.61 Å². The highest BCUT2D eigenvalue weighted by Gasteiger charge is 2.16. The molecular formula is C14H20O3. The molecule has 0 aromatic heterocycles. The first-order chi connectivity index (χ1) is 8.35. The van der Waals surface area contributed by atoms with Crippen molar-refractivity contribution in [3.05, 3.63) is 23.3 Å². The van der Waals surface area contributed by atoms with Crippen LogP contribution in [-0.2, 0) is 17.8 Å². The van der Waals surface area contributed by atoms with Gasteiger partial charge in [-0.1, -0.05) is 20.3 Å². The second-order valence-corrected chi connectivity index (χ2v) is 4.28. The molecule has 0 aliphatic carbocycles. The Kier molecular flexibility index (Phi) is 4.26. The van der Waals surface area contributed by atoms with E-state index in [1.807, 2.05) is 0 Å². The van der Waals surface area contributed by atoms with Crippen molar-refractivity contribution in [3.8, 4) is 11.5 Å². The summed E-state index contributed by atoms with van der Waals surface area (Å²) in [6, 6.07) is 4.15. The van der Waals surface area contributed by atoms with E-state index in [2.05, 4.69) is 26.0 Å². The molecule has 0 atom stereocenters. The Labute approximate surface area is 103 Å². The third kappa shape index (κ3) is 2.91. The molecule has 0 radical (unpaired) electrons. The van der Waals surface area contributed by atoms with E-state index < -0.39 is 0 Å². The van der Waals surface area contributed by atoms with Crippen LogP contribution in [0.3, 0.4) is 0 Å².